The Kier molecular flexibility index (Phi) is 31.1. The zero-order chi connectivity index (χ0) is 41.9. The van der Waals surface area contributed by atoms with Crippen LogP contribution in [0.3, 0.4) is 0 Å². The Morgan fingerprint density at radius 2 is 1.12 bits per heavy atom. The highest BCUT2D eigenvalue weighted by molar-refractivity contribution is 5.70. The van der Waals surface area contributed by atoms with Crippen LogP contribution >= 0.6 is 0 Å². The minimum absolute atomic E-state index is 0.0800. The lowest BCUT2D eigenvalue weighted by Gasteiger charge is -2.19. The van der Waals surface area contributed by atoms with Gasteiger partial charge in [0, 0.05) is 39.1 Å². The van der Waals surface area contributed by atoms with Crippen LogP contribution in [0, 0.1) is 6.92 Å². The van der Waals surface area contributed by atoms with Crippen molar-refractivity contribution >= 4 is 18.0 Å². The third-order valence-electron chi connectivity index (χ3n) is 10.8. The van der Waals surface area contributed by atoms with Crippen LogP contribution < -0.4 is 5.32 Å². The molecule has 1 aromatic rings. The number of alkyl carbamates (subject to hydrolysis) is 1. The number of rotatable bonds is 37. The van der Waals surface area contributed by atoms with Crippen molar-refractivity contribution in [1.82, 2.24) is 10.2 Å². The molecule has 1 radical (unpaired) electrons. The van der Waals surface area contributed by atoms with E-state index >= 15 is 0 Å². The van der Waals surface area contributed by atoms with Crippen LogP contribution in [-0.2, 0) is 46.5 Å². The minimum atomic E-state index is -0.419. The Bertz CT molecular complexity index is 1170. The molecule has 1 aliphatic rings. The molecule has 1 N–H and O–H groups in total. The lowest BCUT2D eigenvalue weighted by molar-refractivity contribution is -0.160. The molecule has 333 valence electrons. The fourth-order valence-corrected chi connectivity index (χ4v) is 7.33. The van der Waals surface area contributed by atoms with Crippen LogP contribution in [0.5, 0.6) is 0 Å². The number of carbonyl (C=O) groups excluding carboxylic acids is 3. The van der Waals surface area contributed by atoms with Gasteiger partial charge in [0.2, 0.25) is 0 Å². The summed E-state index contributed by atoms with van der Waals surface area (Å²) in [5.74, 6) is -0.655. The highest BCUT2D eigenvalue weighted by Gasteiger charge is 2.19. The van der Waals surface area contributed by atoms with Crippen molar-refractivity contribution < 1.29 is 38.1 Å². The Balaban J connectivity index is 1.79. The van der Waals surface area contributed by atoms with E-state index in [1.54, 1.807) is 0 Å². The van der Waals surface area contributed by atoms with Crippen molar-refractivity contribution in [1.29, 1.82) is 0 Å². The van der Waals surface area contributed by atoms with Crippen LogP contribution in [0.4, 0.5) is 4.79 Å². The molecule has 0 aromatic heterocycles. The molecule has 0 spiro atoms. The first kappa shape index (κ1) is 51.5. The van der Waals surface area contributed by atoms with E-state index in [0.717, 1.165) is 81.3 Å². The third-order valence-corrected chi connectivity index (χ3v) is 10.8. The van der Waals surface area contributed by atoms with E-state index in [1.807, 2.05) is 18.2 Å². The van der Waals surface area contributed by atoms with Gasteiger partial charge in [-0.05, 0) is 87.7 Å². The molecule has 0 aliphatic carbocycles. The summed E-state index contributed by atoms with van der Waals surface area (Å²) < 4.78 is 29.3. The van der Waals surface area contributed by atoms with Gasteiger partial charge in [-0.2, -0.15) is 0 Å². The van der Waals surface area contributed by atoms with E-state index in [-0.39, 0.29) is 44.1 Å². The zero-order valence-electron chi connectivity index (χ0n) is 37.1. The van der Waals surface area contributed by atoms with Gasteiger partial charge in [0.25, 0.3) is 0 Å². The quantitative estimate of drug-likeness (QED) is 0.0303. The smallest absolute Gasteiger partial charge is 0.407 e. The highest BCUT2D eigenvalue weighted by atomic mass is 16.7. The van der Waals surface area contributed by atoms with Gasteiger partial charge in [-0.1, -0.05) is 129 Å². The molecule has 1 heterocycles. The first-order chi connectivity index (χ1) is 28.3. The predicted molar refractivity (Wildman–Crippen MR) is 233 cm³/mol. The molecule has 10 nitrogen and oxygen atoms in total. The third kappa shape index (κ3) is 27.9. The number of ether oxygens (including phenoxy) is 5. The van der Waals surface area contributed by atoms with Gasteiger partial charge < -0.3 is 33.9 Å². The number of unbranched alkanes of at least 4 members (excludes halogenated alkanes) is 15. The van der Waals surface area contributed by atoms with Gasteiger partial charge in [0.05, 0.1) is 6.42 Å². The summed E-state index contributed by atoms with van der Waals surface area (Å²) in [6.45, 7) is 15.7. The van der Waals surface area contributed by atoms with Crippen molar-refractivity contribution in [2.45, 2.75) is 207 Å². The second-order valence-electron chi connectivity index (χ2n) is 16.3. The molecule has 1 saturated heterocycles. The molecule has 1 aromatic carbocycles. The maximum Gasteiger partial charge on any atom is 0.407 e. The molecular weight excluding hydrogens is 733 g/mol. The lowest BCUT2D eigenvalue weighted by Crippen LogP contribution is -2.35. The summed E-state index contributed by atoms with van der Waals surface area (Å²) in [6.07, 6.45) is 24.3. The summed E-state index contributed by atoms with van der Waals surface area (Å²) in [4.78, 5) is 40.7. The van der Waals surface area contributed by atoms with Gasteiger partial charge in [0.15, 0.2) is 6.29 Å². The van der Waals surface area contributed by atoms with Crippen LogP contribution in [0.2, 0.25) is 0 Å². The number of hydrogen-bond acceptors (Lipinski definition) is 9. The molecule has 58 heavy (non-hydrogen) atoms. The molecule has 1 atom stereocenters. The Hall–Kier alpha value is -2.69. The average Bonchev–Trinajstić information content (AvgIpc) is 3.74. The minimum Gasteiger partial charge on any atom is -0.461 e. The van der Waals surface area contributed by atoms with E-state index in [2.05, 4.69) is 37.9 Å². The van der Waals surface area contributed by atoms with Crippen molar-refractivity contribution in [3.8, 4) is 0 Å². The first-order valence-electron chi connectivity index (χ1n) is 23.5. The maximum absolute atomic E-state index is 12.9. The predicted octanol–water partition coefficient (Wildman–Crippen LogP) is 11.5. The summed E-state index contributed by atoms with van der Waals surface area (Å²) in [7, 11) is 0. The molecule has 1 amide bonds. The normalized spacial score (nSPS) is 13.5. The number of hydrogen-bond donors (Lipinski definition) is 1. The first-order valence-corrected chi connectivity index (χ1v) is 23.5. The summed E-state index contributed by atoms with van der Waals surface area (Å²) >= 11 is 0. The Morgan fingerprint density at radius 3 is 1.66 bits per heavy atom. The van der Waals surface area contributed by atoms with Crippen LogP contribution in [0.25, 0.3) is 0 Å². The Labute approximate surface area is 353 Å². The number of amides is 1. The molecule has 1 unspecified atom stereocenters. The summed E-state index contributed by atoms with van der Waals surface area (Å²) in [5, 5.41) is 2.90. The van der Waals surface area contributed by atoms with Crippen molar-refractivity contribution in [2.75, 3.05) is 39.4 Å². The van der Waals surface area contributed by atoms with Crippen LogP contribution in [-0.4, -0.2) is 74.7 Å². The van der Waals surface area contributed by atoms with Gasteiger partial charge in [-0.25, -0.2) is 4.79 Å². The summed E-state index contributed by atoms with van der Waals surface area (Å²) in [5.41, 5.74) is 2.30. The van der Waals surface area contributed by atoms with Gasteiger partial charge >= 0.3 is 18.0 Å². The number of carbonyl (C=O) groups is 3. The van der Waals surface area contributed by atoms with Crippen molar-refractivity contribution in [3.05, 3.63) is 41.8 Å². The number of likely N-dealkylation sites (tertiary alicyclic amines) is 1. The van der Waals surface area contributed by atoms with Crippen molar-refractivity contribution in [2.24, 2.45) is 0 Å². The largest absolute Gasteiger partial charge is 0.461 e. The van der Waals surface area contributed by atoms with E-state index in [9.17, 15) is 14.4 Å². The van der Waals surface area contributed by atoms with Crippen LogP contribution in [0.15, 0.2) is 18.2 Å². The lowest BCUT2D eigenvalue weighted by atomic mass is 10.0. The molecule has 2 rings (SSSR count). The molecular formula is C48H83N2O8. The van der Waals surface area contributed by atoms with E-state index in [1.165, 1.54) is 89.9 Å². The number of esters is 2. The molecule has 10 heteroatoms. The molecule has 1 fully saturated rings. The van der Waals surface area contributed by atoms with E-state index in [4.69, 9.17) is 23.7 Å². The monoisotopic (exact) mass is 816 g/mol. The second kappa shape index (κ2) is 35.1. The molecule has 0 saturated carbocycles. The van der Waals surface area contributed by atoms with Crippen LogP contribution in [0.1, 0.15) is 198 Å². The average molecular weight is 816 g/mol. The number of nitrogens with zero attached hydrogens (tertiary/aromatic N) is 1. The number of nitrogens with one attached hydrogen (secondary N) is 1. The van der Waals surface area contributed by atoms with Gasteiger partial charge in [0.1, 0.15) is 19.3 Å². The number of benzene rings is 1. The molecule has 1 aliphatic heterocycles. The topological polar surface area (TPSA) is 113 Å². The Morgan fingerprint density at radius 1 is 0.638 bits per heavy atom. The van der Waals surface area contributed by atoms with Gasteiger partial charge in [-0.15, -0.1) is 0 Å². The molecule has 0 bridgehead atoms. The SMILES string of the molecule is [CH2]c1cc(COC(=O)CCC(CCCCCCCC)OC(=O)NCCN2CCCC2)cc(COC(=O)CCC(OCCCCCCCC)OCCCCCCCC)c1. The maximum atomic E-state index is 12.9. The van der Waals surface area contributed by atoms with Crippen molar-refractivity contribution in [3.63, 3.8) is 0 Å². The fraction of sp³-hybridized carbons (Fsp3) is 0.792. The zero-order valence-corrected chi connectivity index (χ0v) is 37.1. The van der Waals surface area contributed by atoms with E-state index in [0.29, 0.717) is 32.6 Å². The van der Waals surface area contributed by atoms with E-state index < -0.39 is 12.4 Å². The summed E-state index contributed by atoms with van der Waals surface area (Å²) in [6, 6.07) is 5.61. The fourth-order valence-electron chi connectivity index (χ4n) is 7.33. The highest BCUT2D eigenvalue weighted by Crippen LogP contribution is 2.18. The standard InChI is InChI=1S/C48H83N2O8/c1-5-8-11-14-17-20-25-44(58-48(53)49-30-33-50-31-21-22-32-50)26-27-45(51)56-39-42-36-41(4)37-43(38-42)40-57-46(52)28-29-47(54-34-23-18-15-12-9-6-2)55-35-24-19-16-13-10-7-3/h36-38,44,47H,4-35,39-40H2,1-3H3,(H,49,53). The van der Waals surface area contributed by atoms with Gasteiger partial charge in [-0.3, -0.25) is 9.59 Å². The second-order valence-corrected chi connectivity index (χ2v) is 16.3.